The second kappa shape index (κ2) is 5.84. The molecule has 5 nitrogen and oxygen atoms in total. The Kier molecular flexibility index (Phi) is 4.11. The molecule has 0 bridgehead atoms. The van der Waals surface area contributed by atoms with Crippen molar-refractivity contribution in [2.75, 3.05) is 11.9 Å². The lowest BCUT2D eigenvalue weighted by Gasteiger charge is -2.18. The third kappa shape index (κ3) is 2.90. The molecule has 2 rings (SSSR count). The minimum Gasteiger partial charge on any atom is -0.309 e. The van der Waals surface area contributed by atoms with Crippen molar-refractivity contribution in [1.29, 1.82) is 0 Å². The van der Waals surface area contributed by atoms with Crippen LogP contribution in [0.2, 0.25) is 0 Å². The van der Waals surface area contributed by atoms with Crippen LogP contribution in [-0.2, 0) is 0 Å². The first kappa shape index (κ1) is 15.5. The molecule has 22 heavy (non-hydrogen) atoms. The summed E-state index contributed by atoms with van der Waals surface area (Å²) < 4.78 is 40.2. The summed E-state index contributed by atoms with van der Waals surface area (Å²) in [6, 6.07) is 4.97. The molecule has 0 aliphatic heterocycles. The molecule has 1 amide bonds. The topological polar surface area (TPSA) is 63.5 Å². The zero-order valence-corrected chi connectivity index (χ0v) is 11.2. The van der Waals surface area contributed by atoms with Crippen LogP contribution in [0.4, 0.5) is 24.5 Å². The van der Waals surface area contributed by atoms with Crippen molar-refractivity contribution in [1.82, 2.24) is 0 Å². The minimum atomic E-state index is -1.01. The van der Waals surface area contributed by atoms with Crippen LogP contribution in [0.5, 0.6) is 0 Å². The number of carbonyl (C=O) groups is 1. The van der Waals surface area contributed by atoms with Crippen molar-refractivity contribution < 1.29 is 22.9 Å². The van der Waals surface area contributed by atoms with Crippen molar-refractivity contribution in [2.45, 2.75) is 0 Å². The average Bonchev–Trinajstić information content (AvgIpc) is 2.46. The van der Waals surface area contributed by atoms with Crippen molar-refractivity contribution in [3.8, 4) is 0 Å². The maximum atomic E-state index is 13.7. The maximum Gasteiger partial charge on any atom is 0.270 e. The van der Waals surface area contributed by atoms with Crippen molar-refractivity contribution in [2.24, 2.45) is 0 Å². The van der Waals surface area contributed by atoms with Crippen LogP contribution < -0.4 is 4.90 Å². The number of hydrogen-bond donors (Lipinski definition) is 0. The van der Waals surface area contributed by atoms with E-state index >= 15 is 0 Å². The summed E-state index contributed by atoms with van der Waals surface area (Å²) in [6.45, 7) is 0. The minimum absolute atomic E-state index is 0.280. The molecule has 0 unspecified atom stereocenters. The molecule has 2 aromatic carbocycles. The fourth-order valence-corrected chi connectivity index (χ4v) is 1.83. The molecule has 0 fully saturated rings. The van der Waals surface area contributed by atoms with Crippen molar-refractivity contribution >= 4 is 17.3 Å². The van der Waals surface area contributed by atoms with Gasteiger partial charge < -0.3 is 4.90 Å². The molecule has 114 valence electrons. The number of halogens is 3. The van der Waals surface area contributed by atoms with E-state index in [0.717, 1.165) is 42.3 Å². The molecule has 0 atom stereocenters. The Morgan fingerprint density at radius 3 is 2.36 bits per heavy atom. The van der Waals surface area contributed by atoms with E-state index < -0.39 is 39.5 Å². The summed E-state index contributed by atoms with van der Waals surface area (Å²) >= 11 is 0. The van der Waals surface area contributed by atoms with Gasteiger partial charge in [0.25, 0.3) is 11.6 Å². The Morgan fingerprint density at radius 1 is 1.09 bits per heavy atom. The number of nitrogens with zero attached hydrogens (tertiary/aromatic N) is 2. The van der Waals surface area contributed by atoms with Crippen LogP contribution in [0.1, 0.15) is 10.4 Å². The zero-order valence-electron chi connectivity index (χ0n) is 11.2. The van der Waals surface area contributed by atoms with Gasteiger partial charge in [0.15, 0.2) is 0 Å². The first-order chi connectivity index (χ1) is 10.3. The number of rotatable bonds is 3. The summed E-state index contributed by atoms with van der Waals surface area (Å²) in [4.78, 5) is 22.8. The molecule has 0 radical (unpaired) electrons. The van der Waals surface area contributed by atoms with Gasteiger partial charge in [-0.1, -0.05) is 0 Å². The number of anilines is 1. The molecular formula is C14H9F3N2O3. The molecular weight excluding hydrogens is 301 g/mol. The molecule has 8 heteroatoms. The Balaban J connectivity index is 2.42. The first-order valence-corrected chi connectivity index (χ1v) is 5.98. The van der Waals surface area contributed by atoms with E-state index in [0.29, 0.717) is 6.07 Å². The molecule has 0 heterocycles. The van der Waals surface area contributed by atoms with E-state index in [1.807, 2.05) is 0 Å². The van der Waals surface area contributed by atoms with Gasteiger partial charge in [0.05, 0.1) is 16.2 Å². The highest BCUT2D eigenvalue weighted by Gasteiger charge is 2.22. The summed E-state index contributed by atoms with van der Waals surface area (Å²) in [7, 11) is 1.15. The molecule has 2 aromatic rings. The number of nitro benzene ring substituents is 1. The Hall–Kier alpha value is -2.90. The zero-order chi connectivity index (χ0) is 16.4. The molecule has 0 aliphatic carbocycles. The van der Waals surface area contributed by atoms with Gasteiger partial charge in [0, 0.05) is 25.2 Å². The monoisotopic (exact) mass is 310 g/mol. The summed E-state index contributed by atoms with van der Waals surface area (Å²) in [6.07, 6.45) is 0. The molecule has 0 saturated heterocycles. The largest absolute Gasteiger partial charge is 0.309 e. The number of hydrogen-bond acceptors (Lipinski definition) is 3. The van der Waals surface area contributed by atoms with Crippen LogP contribution in [0.3, 0.4) is 0 Å². The van der Waals surface area contributed by atoms with Crippen LogP contribution in [0.25, 0.3) is 0 Å². The fourth-order valence-electron chi connectivity index (χ4n) is 1.83. The Bertz CT molecular complexity index is 765. The number of carbonyl (C=O) groups excluding carboxylic acids is 1. The highest BCUT2D eigenvalue weighted by atomic mass is 19.1. The molecule has 0 N–H and O–H groups in total. The smallest absolute Gasteiger partial charge is 0.270 e. The van der Waals surface area contributed by atoms with E-state index in [4.69, 9.17) is 0 Å². The molecule has 0 aliphatic rings. The van der Waals surface area contributed by atoms with E-state index in [-0.39, 0.29) is 5.69 Å². The quantitative estimate of drug-likeness (QED) is 0.645. The highest BCUT2D eigenvalue weighted by Crippen LogP contribution is 2.23. The second-order valence-electron chi connectivity index (χ2n) is 4.38. The Morgan fingerprint density at radius 2 is 1.77 bits per heavy atom. The lowest BCUT2D eigenvalue weighted by atomic mass is 10.1. The van der Waals surface area contributed by atoms with Gasteiger partial charge in [-0.3, -0.25) is 14.9 Å². The van der Waals surface area contributed by atoms with E-state index in [1.54, 1.807) is 0 Å². The van der Waals surface area contributed by atoms with Gasteiger partial charge in [0.2, 0.25) is 0 Å². The standard InChI is InChI=1S/C14H9F3N2O3/c1-18(13-5-2-8(15)6-12(13)17)14(20)10-7-9(19(21)22)3-4-11(10)16/h2-7H,1H3. The third-order valence-corrected chi connectivity index (χ3v) is 2.97. The van der Waals surface area contributed by atoms with Crippen LogP contribution in [-0.4, -0.2) is 17.9 Å². The van der Waals surface area contributed by atoms with E-state index in [9.17, 15) is 28.1 Å². The fraction of sp³-hybridized carbons (Fsp3) is 0.0714. The van der Waals surface area contributed by atoms with E-state index in [2.05, 4.69) is 0 Å². The third-order valence-electron chi connectivity index (χ3n) is 2.97. The Labute approximate surface area is 122 Å². The van der Waals surface area contributed by atoms with Gasteiger partial charge in [-0.05, 0) is 18.2 Å². The lowest BCUT2D eigenvalue weighted by molar-refractivity contribution is -0.384. The molecule has 0 spiro atoms. The SMILES string of the molecule is CN(C(=O)c1cc([N+](=O)[O-])ccc1F)c1ccc(F)cc1F. The molecule has 0 saturated carbocycles. The van der Waals surface area contributed by atoms with Gasteiger partial charge in [-0.2, -0.15) is 0 Å². The molecule has 0 aromatic heterocycles. The van der Waals surface area contributed by atoms with Gasteiger partial charge in [0.1, 0.15) is 17.5 Å². The van der Waals surface area contributed by atoms with Crippen LogP contribution in [0.15, 0.2) is 36.4 Å². The van der Waals surface area contributed by atoms with Crippen LogP contribution >= 0.6 is 0 Å². The predicted molar refractivity (Wildman–Crippen MR) is 72.1 cm³/mol. The van der Waals surface area contributed by atoms with E-state index in [1.165, 1.54) is 0 Å². The maximum absolute atomic E-state index is 13.7. The predicted octanol–water partition coefficient (Wildman–Crippen LogP) is 3.29. The summed E-state index contributed by atoms with van der Waals surface area (Å²) in [5.74, 6) is -3.82. The normalized spacial score (nSPS) is 10.4. The highest BCUT2D eigenvalue weighted by molar-refractivity contribution is 6.06. The van der Waals surface area contributed by atoms with Gasteiger partial charge in [-0.15, -0.1) is 0 Å². The van der Waals surface area contributed by atoms with Crippen molar-refractivity contribution in [3.05, 3.63) is 69.5 Å². The summed E-state index contributed by atoms with van der Waals surface area (Å²) in [5, 5.41) is 10.7. The summed E-state index contributed by atoms with van der Waals surface area (Å²) in [5.41, 5.74) is -1.34. The number of amides is 1. The first-order valence-electron chi connectivity index (χ1n) is 5.98. The number of nitro groups is 1. The van der Waals surface area contributed by atoms with Crippen molar-refractivity contribution in [3.63, 3.8) is 0 Å². The number of benzene rings is 2. The second-order valence-corrected chi connectivity index (χ2v) is 4.38. The lowest BCUT2D eigenvalue weighted by Crippen LogP contribution is -2.28. The van der Waals surface area contributed by atoms with Gasteiger partial charge in [-0.25, -0.2) is 13.2 Å². The number of non-ortho nitro benzene ring substituents is 1. The van der Waals surface area contributed by atoms with Crippen LogP contribution in [0, 0.1) is 27.6 Å². The van der Waals surface area contributed by atoms with Gasteiger partial charge >= 0.3 is 0 Å². The average molecular weight is 310 g/mol.